The molecule has 0 fully saturated rings. The number of fused-ring (bicyclic) bond motifs is 8. The molecule has 3 heterocycles. The van der Waals surface area contributed by atoms with Gasteiger partial charge in [0, 0.05) is 46.1 Å². The van der Waals surface area contributed by atoms with Crippen LogP contribution in [0.15, 0.2) is 188 Å². The van der Waals surface area contributed by atoms with Crippen LogP contribution in [0.25, 0.3) is 27.5 Å². The number of hydrogen-bond acceptors (Lipinski definition) is 3. The molecule has 0 saturated carbocycles. The van der Waals surface area contributed by atoms with E-state index in [0.717, 1.165) is 51.7 Å². The minimum atomic E-state index is -0.00472. The minimum Gasteiger partial charge on any atom is -0.458 e. The van der Waals surface area contributed by atoms with E-state index in [4.69, 9.17) is 4.74 Å². The molecule has 0 radical (unpaired) electrons. The highest BCUT2D eigenvalue weighted by Gasteiger charge is 2.42. The van der Waals surface area contributed by atoms with Gasteiger partial charge in [-0.25, -0.2) is 0 Å². The summed E-state index contributed by atoms with van der Waals surface area (Å²) in [7, 11) is 0. The number of nitrogens with zero attached hydrogens (tertiary/aromatic N) is 3. The van der Waals surface area contributed by atoms with Gasteiger partial charge in [0.25, 0.3) is 6.71 Å². The van der Waals surface area contributed by atoms with Crippen LogP contribution in [0.2, 0.25) is 0 Å². The summed E-state index contributed by atoms with van der Waals surface area (Å²) >= 11 is 0. The molecule has 8 aromatic rings. The van der Waals surface area contributed by atoms with Crippen molar-refractivity contribution in [2.75, 3.05) is 16.3 Å². The molecule has 0 bridgehead atoms. The van der Waals surface area contributed by atoms with Gasteiger partial charge >= 0.3 is 0 Å². The number of allylic oxidation sites excluding steroid dienone is 3. The van der Waals surface area contributed by atoms with Crippen LogP contribution in [0, 0.1) is 0 Å². The van der Waals surface area contributed by atoms with Gasteiger partial charge in [-0.3, -0.25) is 0 Å². The molecule has 0 amide bonds. The highest BCUT2D eigenvalue weighted by atomic mass is 16.5. The summed E-state index contributed by atoms with van der Waals surface area (Å²) < 4.78 is 9.46. The van der Waals surface area contributed by atoms with Crippen LogP contribution >= 0.6 is 0 Å². The average Bonchev–Trinajstić information content (AvgIpc) is 3.56. The summed E-state index contributed by atoms with van der Waals surface area (Å²) in [5, 5.41) is 2.33. The Morgan fingerprint density at radius 1 is 0.604 bits per heavy atom. The quantitative estimate of drug-likeness (QED) is 0.123. The topological polar surface area (TPSA) is 20.6 Å². The molecule has 2 aliphatic heterocycles. The van der Waals surface area contributed by atoms with E-state index < -0.39 is 0 Å². The third-order valence-electron chi connectivity index (χ3n) is 10.6. The Labute approximate surface area is 310 Å². The van der Waals surface area contributed by atoms with E-state index in [-0.39, 0.29) is 6.71 Å². The highest BCUT2D eigenvalue weighted by molar-refractivity contribution is 6.99. The Kier molecular flexibility index (Phi) is 7.50. The first-order valence-corrected chi connectivity index (χ1v) is 18.3. The van der Waals surface area contributed by atoms with E-state index in [9.17, 15) is 0 Å². The van der Waals surface area contributed by atoms with E-state index in [1.807, 2.05) is 0 Å². The number of rotatable bonds is 7. The number of anilines is 5. The molecule has 0 aliphatic carbocycles. The summed E-state index contributed by atoms with van der Waals surface area (Å²) in [5.74, 6) is 1.85. The van der Waals surface area contributed by atoms with Gasteiger partial charge in [-0.15, -0.1) is 0 Å². The van der Waals surface area contributed by atoms with Crippen LogP contribution in [0.5, 0.6) is 11.5 Å². The maximum atomic E-state index is 7.10. The Hall–Kier alpha value is -6.72. The van der Waals surface area contributed by atoms with Gasteiger partial charge in [-0.1, -0.05) is 115 Å². The van der Waals surface area contributed by atoms with Gasteiger partial charge < -0.3 is 19.1 Å². The number of hydrogen-bond donors (Lipinski definition) is 0. The molecule has 0 spiro atoms. The molecule has 0 unspecified atom stereocenters. The lowest BCUT2D eigenvalue weighted by molar-refractivity contribution is 0.493. The van der Waals surface area contributed by atoms with E-state index in [0.29, 0.717) is 0 Å². The monoisotopic (exact) mass is 681 g/mol. The van der Waals surface area contributed by atoms with Crippen LogP contribution in [0.1, 0.15) is 6.92 Å². The van der Waals surface area contributed by atoms with E-state index in [1.54, 1.807) is 0 Å². The van der Waals surface area contributed by atoms with Crippen molar-refractivity contribution in [3.8, 4) is 17.2 Å². The molecule has 7 aromatic carbocycles. The summed E-state index contributed by atoms with van der Waals surface area (Å²) in [4.78, 5) is 4.80. The fraction of sp³-hybridized carbons (Fsp3) is 0.0417. The molecule has 0 saturated heterocycles. The van der Waals surface area contributed by atoms with E-state index in [1.165, 1.54) is 38.7 Å². The maximum absolute atomic E-state index is 7.10. The zero-order valence-electron chi connectivity index (χ0n) is 29.4. The van der Waals surface area contributed by atoms with Gasteiger partial charge in [0.05, 0.1) is 16.4 Å². The predicted molar refractivity (Wildman–Crippen MR) is 224 cm³/mol. The Morgan fingerprint density at radius 2 is 1.30 bits per heavy atom. The first-order valence-electron chi connectivity index (χ1n) is 18.3. The lowest BCUT2D eigenvalue weighted by Gasteiger charge is -2.40. The van der Waals surface area contributed by atoms with Crippen LogP contribution in [0.4, 0.5) is 28.4 Å². The van der Waals surface area contributed by atoms with Crippen molar-refractivity contribution in [1.82, 2.24) is 4.57 Å². The lowest BCUT2D eigenvalue weighted by atomic mass is 9.34. The molecular weight excluding hydrogens is 645 g/mol. The smallest absolute Gasteiger partial charge is 0.256 e. The standard InChI is InChI=1S/C48H36BN3O/c1-2-3-4-16-32-50-43-26-17-27-45-47(43)49(39-29-28-37(33-44(39)50)51(34-18-8-5-9-19-34)35-20-10-6-11-21-35)40-30-31-42-46(48(40)53-45)38-24-14-15-25-41(38)52(42)36-22-12-7-13-23-36/h2-31,33H,32H2,1H3/b3-2-,16-4-. The molecule has 5 heteroatoms. The second-order valence-electron chi connectivity index (χ2n) is 13.6. The van der Waals surface area contributed by atoms with E-state index in [2.05, 4.69) is 209 Å². The fourth-order valence-corrected chi connectivity index (χ4v) is 8.41. The van der Waals surface area contributed by atoms with Crippen molar-refractivity contribution in [3.05, 3.63) is 188 Å². The Balaban J connectivity index is 1.22. The molecule has 0 N–H and O–H groups in total. The van der Waals surface area contributed by atoms with E-state index >= 15 is 0 Å². The molecule has 10 rings (SSSR count). The Morgan fingerprint density at radius 3 is 2.06 bits per heavy atom. The number of aromatic nitrogens is 1. The van der Waals surface area contributed by atoms with Crippen molar-refractivity contribution < 1.29 is 4.74 Å². The number of ether oxygens (including phenoxy) is 1. The van der Waals surface area contributed by atoms with Gasteiger partial charge in [-0.2, -0.15) is 0 Å². The summed E-state index contributed by atoms with van der Waals surface area (Å²) in [6.45, 7) is 2.77. The number of benzene rings is 7. The van der Waals surface area contributed by atoms with Gasteiger partial charge in [0.15, 0.2) is 0 Å². The molecule has 252 valence electrons. The van der Waals surface area contributed by atoms with Crippen molar-refractivity contribution in [3.63, 3.8) is 0 Å². The largest absolute Gasteiger partial charge is 0.458 e. The second kappa shape index (κ2) is 12.8. The third-order valence-corrected chi connectivity index (χ3v) is 10.6. The zero-order chi connectivity index (χ0) is 35.3. The first-order chi connectivity index (χ1) is 26.3. The Bertz CT molecular complexity index is 2660. The summed E-state index contributed by atoms with van der Waals surface area (Å²) in [5.41, 5.74) is 12.8. The molecular formula is C48H36BN3O. The zero-order valence-corrected chi connectivity index (χ0v) is 29.4. The molecule has 2 aliphatic rings. The van der Waals surface area contributed by atoms with Gasteiger partial charge in [0.2, 0.25) is 0 Å². The first kappa shape index (κ1) is 31.1. The maximum Gasteiger partial charge on any atom is 0.256 e. The second-order valence-corrected chi connectivity index (χ2v) is 13.6. The molecule has 1 aromatic heterocycles. The number of para-hydroxylation sites is 4. The third kappa shape index (κ3) is 5.00. The average molecular weight is 682 g/mol. The van der Waals surface area contributed by atoms with Crippen molar-refractivity contribution in [2.24, 2.45) is 0 Å². The predicted octanol–water partition coefficient (Wildman–Crippen LogP) is 10.5. The molecule has 4 nitrogen and oxygen atoms in total. The van der Waals surface area contributed by atoms with Crippen LogP contribution in [0.3, 0.4) is 0 Å². The summed E-state index contributed by atoms with van der Waals surface area (Å²) in [6.07, 6.45) is 8.53. The fourth-order valence-electron chi connectivity index (χ4n) is 8.41. The van der Waals surface area contributed by atoms with Crippen LogP contribution in [-0.2, 0) is 0 Å². The summed E-state index contributed by atoms with van der Waals surface area (Å²) in [6, 6.07) is 58.8. The van der Waals surface area contributed by atoms with Crippen molar-refractivity contribution in [1.29, 1.82) is 0 Å². The van der Waals surface area contributed by atoms with Gasteiger partial charge in [0.1, 0.15) is 11.5 Å². The molecule has 0 atom stereocenters. The van der Waals surface area contributed by atoms with Gasteiger partial charge in [-0.05, 0) is 96.1 Å². The molecule has 53 heavy (non-hydrogen) atoms. The normalized spacial score (nSPS) is 13.0. The van der Waals surface area contributed by atoms with Crippen LogP contribution < -0.4 is 30.9 Å². The minimum absolute atomic E-state index is 0.00472. The van der Waals surface area contributed by atoms with Crippen molar-refractivity contribution in [2.45, 2.75) is 6.92 Å². The lowest BCUT2D eigenvalue weighted by Crippen LogP contribution is -2.60. The highest BCUT2D eigenvalue weighted by Crippen LogP contribution is 2.44. The van der Waals surface area contributed by atoms with Crippen LogP contribution in [-0.4, -0.2) is 17.8 Å². The SMILES string of the molecule is C/C=C\C=C/CN1c2cc(N(c3ccccc3)c3ccccc3)ccc2B2c3ccc4c(c3Oc3cccc1c32)c1ccccc1n4-c1ccccc1. The van der Waals surface area contributed by atoms with Crippen molar-refractivity contribution >= 4 is 73.3 Å².